The first-order chi connectivity index (χ1) is 4.63. The lowest BCUT2D eigenvalue weighted by Gasteiger charge is -2.20. The summed E-state index contributed by atoms with van der Waals surface area (Å²) in [6, 6.07) is 0. The quantitative estimate of drug-likeness (QED) is 0.615. The molecule has 0 rings (SSSR count). The van der Waals surface area contributed by atoms with E-state index in [0.717, 1.165) is 0 Å². The Labute approximate surface area is 60.7 Å². The van der Waals surface area contributed by atoms with Crippen molar-refractivity contribution < 1.29 is 14.6 Å². The first-order valence-electron chi connectivity index (χ1n) is 3.48. The summed E-state index contributed by atoms with van der Waals surface area (Å²) in [6.07, 6.45) is -0.727. The average Bonchev–Trinajstić information content (AvgIpc) is 2.00. The Hall–Kier alpha value is -0.150. The predicted molar refractivity (Wildman–Crippen MR) is 37.4 cm³/mol. The molecule has 0 heterocycles. The maximum absolute atomic E-state index is 11.9. The van der Waals surface area contributed by atoms with Crippen LogP contribution in [0.25, 0.3) is 0 Å². The molecule has 62 valence electrons. The summed E-state index contributed by atoms with van der Waals surface area (Å²) in [5.41, 5.74) is 0. The predicted octanol–water partition coefficient (Wildman–Crippen LogP) is 0.581. The zero-order chi connectivity index (χ0) is 8.15. The van der Waals surface area contributed by atoms with E-state index in [4.69, 9.17) is 5.11 Å². The molecule has 0 saturated carbocycles. The van der Waals surface area contributed by atoms with Crippen molar-refractivity contribution in [2.45, 2.75) is 20.0 Å². The number of aliphatic hydroxyl groups excluding tert-OH is 2. The molecule has 2 nitrogen and oxygen atoms in total. The fourth-order valence-corrected chi connectivity index (χ4v) is 0.760. The molecule has 3 atom stereocenters. The Kier molecular flexibility index (Phi) is 4.56. The molecule has 0 spiro atoms. The van der Waals surface area contributed by atoms with Gasteiger partial charge in [0.25, 0.3) is 0 Å². The molecule has 0 saturated heterocycles. The standard InChI is InChI=1S/C7H15FO2/c1-5(3-8)7(10)6(2)4-9/h5-7,9-10H,3-4H2,1-2H3. The Morgan fingerprint density at radius 2 is 1.80 bits per heavy atom. The summed E-state index contributed by atoms with van der Waals surface area (Å²) in [5, 5.41) is 17.8. The summed E-state index contributed by atoms with van der Waals surface area (Å²) in [7, 11) is 0. The van der Waals surface area contributed by atoms with Gasteiger partial charge in [-0.05, 0) is 0 Å². The molecule has 10 heavy (non-hydrogen) atoms. The van der Waals surface area contributed by atoms with Gasteiger partial charge in [0, 0.05) is 18.4 Å². The van der Waals surface area contributed by atoms with Crippen molar-refractivity contribution in [3.05, 3.63) is 0 Å². The van der Waals surface area contributed by atoms with Gasteiger partial charge in [-0.25, -0.2) is 0 Å². The minimum absolute atomic E-state index is 0.0918. The summed E-state index contributed by atoms with van der Waals surface area (Å²) in [4.78, 5) is 0. The second kappa shape index (κ2) is 4.63. The SMILES string of the molecule is CC(CO)C(O)C(C)CF. The molecule has 0 aliphatic heterocycles. The zero-order valence-electron chi connectivity index (χ0n) is 6.42. The van der Waals surface area contributed by atoms with E-state index in [2.05, 4.69) is 0 Å². The number of hydrogen-bond donors (Lipinski definition) is 2. The van der Waals surface area contributed by atoms with Gasteiger partial charge in [0.1, 0.15) is 0 Å². The molecule has 0 aliphatic rings. The van der Waals surface area contributed by atoms with E-state index in [1.165, 1.54) is 0 Å². The monoisotopic (exact) mass is 150 g/mol. The van der Waals surface area contributed by atoms with Crippen LogP contribution in [0.15, 0.2) is 0 Å². The van der Waals surface area contributed by atoms with E-state index in [9.17, 15) is 9.50 Å². The van der Waals surface area contributed by atoms with Crippen molar-refractivity contribution in [3.63, 3.8) is 0 Å². The van der Waals surface area contributed by atoms with E-state index in [0.29, 0.717) is 0 Å². The van der Waals surface area contributed by atoms with E-state index in [-0.39, 0.29) is 18.4 Å². The molecule has 0 aromatic heterocycles. The fraction of sp³-hybridized carbons (Fsp3) is 1.00. The van der Waals surface area contributed by atoms with Crippen LogP contribution in [0.5, 0.6) is 0 Å². The van der Waals surface area contributed by atoms with Crippen LogP contribution in [0.1, 0.15) is 13.8 Å². The first-order valence-corrected chi connectivity index (χ1v) is 3.48. The highest BCUT2D eigenvalue weighted by molar-refractivity contribution is 4.68. The largest absolute Gasteiger partial charge is 0.396 e. The van der Waals surface area contributed by atoms with Crippen LogP contribution in [-0.2, 0) is 0 Å². The molecule has 0 bridgehead atoms. The maximum Gasteiger partial charge on any atom is 0.0944 e. The van der Waals surface area contributed by atoms with E-state index >= 15 is 0 Å². The molecule has 3 heteroatoms. The number of aliphatic hydroxyl groups is 2. The van der Waals surface area contributed by atoms with Crippen molar-refractivity contribution >= 4 is 0 Å². The lowest BCUT2D eigenvalue weighted by Crippen LogP contribution is -2.28. The zero-order valence-corrected chi connectivity index (χ0v) is 6.42. The van der Waals surface area contributed by atoms with Gasteiger partial charge < -0.3 is 10.2 Å². The normalized spacial score (nSPS) is 20.1. The second-order valence-electron chi connectivity index (χ2n) is 2.78. The smallest absolute Gasteiger partial charge is 0.0944 e. The van der Waals surface area contributed by atoms with Crippen molar-refractivity contribution in [1.29, 1.82) is 0 Å². The van der Waals surface area contributed by atoms with E-state index < -0.39 is 12.8 Å². The molecule has 0 aromatic rings. The van der Waals surface area contributed by atoms with Crippen LogP contribution in [0.3, 0.4) is 0 Å². The molecule has 0 amide bonds. The van der Waals surface area contributed by atoms with Gasteiger partial charge in [0.2, 0.25) is 0 Å². The van der Waals surface area contributed by atoms with Crippen molar-refractivity contribution in [2.75, 3.05) is 13.3 Å². The van der Waals surface area contributed by atoms with Gasteiger partial charge in [0.15, 0.2) is 0 Å². The number of rotatable bonds is 4. The Morgan fingerprint density at radius 3 is 2.10 bits per heavy atom. The van der Waals surface area contributed by atoms with Crippen LogP contribution >= 0.6 is 0 Å². The molecule has 0 fully saturated rings. The average molecular weight is 150 g/mol. The van der Waals surface area contributed by atoms with E-state index in [1.807, 2.05) is 0 Å². The Balaban J connectivity index is 3.69. The van der Waals surface area contributed by atoms with Crippen molar-refractivity contribution in [1.82, 2.24) is 0 Å². The number of halogens is 1. The molecule has 3 unspecified atom stereocenters. The van der Waals surface area contributed by atoms with Gasteiger partial charge >= 0.3 is 0 Å². The Morgan fingerprint density at radius 1 is 1.30 bits per heavy atom. The van der Waals surface area contributed by atoms with Crippen LogP contribution in [-0.4, -0.2) is 29.6 Å². The Bertz CT molecular complexity index is 77.7. The molecule has 0 aromatic carbocycles. The highest BCUT2D eigenvalue weighted by Crippen LogP contribution is 2.12. The van der Waals surface area contributed by atoms with Crippen LogP contribution in [0.2, 0.25) is 0 Å². The number of alkyl halides is 1. The summed E-state index contributed by atoms with van der Waals surface area (Å²) >= 11 is 0. The van der Waals surface area contributed by atoms with Gasteiger partial charge in [-0.3, -0.25) is 4.39 Å². The van der Waals surface area contributed by atoms with Gasteiger partial charge in [-0.2, -0.15) is 0 Å². The minimum Gasteiger partial charge on any atom is -0.396 e. The highest BCUT2D eigenvalue weighted by atomic mass is 19.1. The maximum atomic E-state index is 11.9. The first kappa shape index (κ1) is 9.85. The van der Waals surface area contributed by atoms with E-state index in [1.54, 1.807) is 13.8 Å². The lowest BCUT2D eigenvalue weighted by atomic mass is 9.95. The van der Waals surface area contributed by atoms with Gasteiger partial charge in [0.05, 0.1) is 12.8 Å². The molecular formula is C7H15FO2. The molecular weight excluding hydrogens is 135 g/mol. The highest BCUT2D eigenvalue weighted by Gasteiger charge is 2.19. The van der Waals surface area contributed by atoms with Crippen LogP contribution < -0.4 is 0 Å². The van der Waals surface area contributed by atoms with Crippen molar-refractivity contribution in [2.24, 2.45) is 11.8 Å². The third-order valence-electron chi connectivity index (χ3n) is 1.70. The minimum atomic E-state index is -0.727. The summed E-state index contributed by atoms with van der Waals surface area (Å²) in [5.74, 6) is -0.604. The third-order valence-corrected chi connectivity index (χ3v) is 1.70. The summed E-state index contributed by atoms with van der Waals surface area (Å²) in [6.45, 7) is 2.69. The fourth-order valence-electron chi connectivity index (χ4n) is 0.760. The van der Waals surface area contributed by atoms with Crippen LogP contribution in [0.4, 0.5) is 4.39 Å². The second-order valence-corrected chi connectivity index (χ2v) is 2.78. The number of hydrogen-bond acceptors (Lipinski definition) is 2. The van der Waals surface area contributed by atoms with Crippen LogP contribution in [0, 0.1) is 11.8 Å². The lowest BCUT2D eigenvalue weighted by molar-refractivity contribution is 0.0284. The summed E-state index contributed by atoms with van der Waals surface area (Å²) < 4.78 is 11.9. The van der Waals surface area contributed by atoms with Crippen molar-refractivity contribution in [3.8, 4) is 0 Å². The van der Waals surface area contributed by atoms with Gasteiger partial charge in [-0.1, -0.05) is 13.8 Å². The molecule has 0 radical (unpaired) electrons. The molecule has 0 aliphatic carbocycles. The molecule has 2 N–H and O–H groups in total. The topological polar surface area (TPSA) is 40.5 Å². The third kappa shape index (κ3) is 2.62. The van der Waals surface area contributed by atoms with Gasteiger partial charge in [-0.15, -0.1) is 0 Å².